The standard InChI is InChI=1S/C12H21N3O2/c1-13-7-9-2-4-15(5-3-9)12(17)10-6-11(16)14-8-10/h9-10,13H,2-8H2,1H3,(H,14,16). The quantitative estimate of drug-likeness (QED) is 0.703. The Balaban J connectivity index is 1.80. The molecule has 2 saturated heterocycles. The summed E-state index contributed by atoms with van der Waals surface area (Å²) < 4.78 is 0. The maximum atomic E-state index is 12.1. The summed E-state index contributed by atoms with van der Waals surface area (Å²) in [5, 5.41) is 5.91. The van der Waals surface area contributed by atoms with Crippen LogP contribution in [0.4, 0.5) is 0 Å². The zero-order valence-corrected chi connectivity index (χ0v) is 10.4. The first-order valence-corrected chi connectivity index (χ1v) is 6.40. The summed E-state index contributed by atoms with van der Waals surface area (Å²) in [7, 11) is 1.97. The summed E-state index contributed by atoms with van der Waals surface area (Å²) in [6.07, 6.45) is 2.51. The molecule has 0 aromatic rings. The van der Waals surface area contributed by atoms with Gasteiger partial charge in [-0.2, -0.15) is 0 Å². The molecule has 1 unspecified atom stereocenters. The molecule has 0 aromatic carbocycles. The van der Waals surface area contributed by atoms with Gasteiger partial charge in [0.05, 0.1) is 5.92 Å². The maximum Gasteiger partial charge on any atom is 0.227 e. The SMILES string of the molecule is CNCC1CCN(C(=O)C2CNC(=O)C2)CC1. The summed E-state index contributed by atoms with van der Waals surface area (Å²) in [6.45, 7) is 3.24. The number of amides is 2. The highest BCUT2D eigenvalue weighted by Crippen LogP contribution is 2.20. The smallest absolute Gasteiger partial charge is 0.227 e. The fourth-order valence-electron chi connectivity index (χ4n) is 2.68. The minimum absolute atomic E-state index is 0.00780. The number of carbonyl (C=O) groups is 2. The molecule has 1 atom stereocenters. The Bertz CT molecular complexity index is 298. The molecule has 5 nitrogen and oxygen atoms in total. The summed E-state index contributed by atoms with van der Waals surface area (Å²) >= 11 is 0. The first-order valence-electron chi connectivity index (χ1n) is 6.40. The van der Waals surface area contributed by atoms with Gasteiger partial charge in [-0.3, -0.25) is 9.59 Å². The first kappa shape index (κ1) is 12.4. The number of carbonyl (C=O) groups excluding carboxylic acids is 2. The highest BCUT2D eigenvalue weighted by Gasteiger charge is 2.32. The predicted molar refractivity (Wildman–Crippen MR) is 64.3 cm³/mol. The average molecular weight is 239 g/mol. The maximum absolute atomic E-state index is 12.1. The molecule has 17 heavy (non-hydrogen) atoms. The van der Waals surface area contributed by atoms with Gasteiger partial charge in [0.15, 0.2) is 0 Å². The van der Waals surface area contributed by atoms with Gasteiger partial charge in [0.1, 0.15) is 0 Å². The molecule has 2 heterocycles. The highest BCUT2D eigenvalue weighted by molar-refractivity contribution is 5.89. The minimum Gasteiger partial charge on any atom is -0.355 e. The van der Waals surface area contributed by atoms with E-state index < -0.39 is 0 Å². The van der Waals surface area contributed by atoms with Crippen molar-refractivity contribution in [2.75, 3.05) is 33.2 Å². The van der Waals surface area contributed by atoms with E-state index in [0.717, 1.165) is 32.5 Å². The normalized spacial score (nSPS) is 26.1. The average Bonchev–Trinajstić information content (AvgIpc) is 2.76. The van der Waals surface area contributed by atoms with Crippen LogP contribution in [0.1, 0.15) is 19.3 Å². The molecule has 2 rings (SSSR count). The molecule has 0 spiro atoms. The van der Waals surface area contributed by atoms with E-state index in [2.05, 4.69) is 10.6 Å². The van der Waals surface area contributed by atoms with Gasteiger partial charge in [-0.15, -0.1) is 0 Å². The van der Waals surface area contributed by atoms with Crippen LogP contribution < -0.4 is 10.6 Å². The van der Waals surface area contributed by atoms with Crippen molar-refractivity contribution in [2.24, 2.45) is 11.8 Å². The largest absolute Gasteiger partial charge is 0.355 e. The van der Waals surface area contributed by atoms with E-state index in [9.17, 15) is 9.59 Å². The number of likely N-dealkylation sites (tertiary alicyclic amines) is 1. The molecule has 0 aliphatic carbocycles. The monoisotopic (exact) mass is 239 g/mol. The number of piperidine rings is 1. The molecule has 5 heteroatoms. The number of rotatable bonds is 3. The van der Waals surface area contributed by atoms with Crippen molar-refractivity contribution in [1.29, 1.82) is 0 Å². The third-order valence-electron chi connectivity index (χ3n) is 3.75. The lowest BCUT2D eigenvalue weighted by Crippen LogP contribution is -2.43. The van der Waals surface area contributed by atoms with Crippen LogP contribution in [0.25, 0.3) is 0 Å². The zero-order chi connectivity index (χ0) is 12.3. The number of nitrogens with zero attached hydrogens (tertiary/aromatic N) is 1. The van der Waals surface area contributed by atoms with E-state index in [1.54, 1.807) is 0 Å². The van der Waals surface area contributed by atoms with Crippen molar-refractivity contribution in [2.45, 2.75) is 19.3 Å². The summed E-state index contributed by atoms with van der Waals surface area (Å²) in [5.41, 5.74) is 0. The summed E-state index contributed by atoms with van der Waals surface area (Å²) in [5.74, 6) is 0.732. The Labute approximate surface area is 102 Å². The Morgan fingerprint density at radius 1 is 1.47 bits per heavy atom. The topological polar surface area (TPSA) is 61.4 Å². The molecule has 2 fully saturated rings. The Morgan fingerprint density at radius 2 is 2.18 bits per heavy atom. The Morgan fingerprint density at radius 3 is 2.71 bits per heavy atom. The lowest BCUT2D eigenvalue weighted by Gasteiger charge is -2.33. The van der Waals surface area contributed by atoms with Crippen molar-refractivity contribution < 1.29 is 9.59 Å². The van der Waals surface area contributed by atoms with Crippen LogP contribution in [0.3, 0.4) is 0 Å². The summed E-state index contributed by atoms with van der Waals surface area (Å²) in [6, 6.07) is 0. The molecule has 0 radical (unpaired) electrons. The van der Waals surface area contributed by atoms with E-state index in [-0.39, 0.29) is 17.7 Å². The van der Waals surface area contributed by atoms with Crippen LogP contribution in [0, 0.1) is 11.8 Å². The Hall–Kier alpha value is -1.10. The van der Waals surface area contributed by atoms with Crippen LogP contribution in [0.5, 0.6) is 0 Å². The van der Waals surface area contributed by atoms with E-state index in [4.69, 9.17) is 0 Å². The number of hydrogen-bond donors (Lipinski definition) is 2. The molecule has 2 aliphatic heterocycles. The van der Waals surface area contributed by atoms with Crippen LogP contribution >= 0.6 is 0 Å². The summed E-state index contributed by atoms with van der Waals surface area (Å²) in [4.78, 5) is 25.1. The Kier molecular flexibility index (Phi) is 3.99. The highest BCUT2D eigenvalue weighted by atomic mass is 16.2. The van der Waals surface area contributed by atoms with Gasteiger partial charge < -0.3 is 15.5 Å². The van der Waals surface area contributed by atoms with E-state index in [0.29, 0.717) is 18.9 Å². The van der Waals surface area contributed by atoms with Crippen LogP contribution in [0.2, 0.25) is 0 Å². The molecule has 2 aliphatic rings. The molecule has 0 saturated carbocycles. The second-order valence-corrected chi connectivity index (χ2v) is 5.03. The second-order valence-electron chi connectivity index (χ2n) is 5.03. The van der Waals surface area contributed by atoms with Crippen molar-refractivity contribution in [3.63, 3.8) is 0 Å². The first-order chi connectivity index (χ1) is 8.20. The van der Waals surface area contributed by atoms with Gasteiger partial charge in [0.25, 0.3) is 0 Å². The third-order valence-corrected chi connectivity index (χ3v) is 3.75. The van der Waals surface area contributed by atoms with Crippen molar-refractivity contribution >= 4 is 11.8 Å². The van der Waals surface area contributed by atoms with Gasteiger partial charge in [0, 0.05) is 26.1 Å². The molecular weight excluding hydrogens is 218 g/mol. The second kappa shape index (κ2) is 5.49. The number of hydrogen-bond acceptors (Lipinski definition) is 3. The van der Waals surface area contributed by atoms with E-state index in [1.165, 1.54) is 0 Å². The minimum atomic E-state index is -0.122. The fourth-order valence-corrected chi connectivity index (χ4v) is 2.68. The number of nitrogens with one attached hydrogen (secondary N) is 2. The fraction of sp³-hybridized carbons (Fsp3) is 0.833. The van der Waals surface area contributed by atoms with E-state index in [1.807, 2.05) is 11.9 Å². The lowest BCUT2D eigenvalue weighted by molar-refractivity contribution is -0.137. The van der Waals surface area contributed by atoms with Crippen LogP contribution in [-0.2, 0) is 9.59 Å². The molecule has 0 bridgehead atoms. The van der Waals surface area contributed by atoms with Crippen molar-refractivity contribution in [3.05, 3.63) is 0 Å². The van der Waals surface area contributed by atoms with Crippen molar-refractivity contribution in [1.82, 2.24) is 15.5 Å². The van der Waals surface area contributed by atoms with Crippen LogP contribution in [0.15, 0.2) is 0 Å². The third kappa shape index (κ3) is 2.97. The zero-order valence-electron chi connectivity index (χ0n) is 10.4. The lowest BCUT2D eigenvalue weighted by atomic mass is 9.95. The van der Waals surface area contributed by atoms with Gasteiger partial charge in [-0.1, -0.05) is 0 Å². The van der Waals surface area contributed by atoms with Gasteiger partial charge >= 0.3 is 0 Å². The molecule has 96 valence electrons. The van der Waals surface area contributed by atoms with Gasteiger partial charge in [0.2, 0.25) is 11.8 Å². The van der Waals surface area contributed by atoms with E-state index >= 15 is 0 Å². The van der Waals surface area contributed by atoms with Crippen molar-refractivity contribution in [3.8, 4) is 0 Å². The van der Waals surface area contributed by atoms with Gasteiger partial charge in [-0.25, -0.2) is 0 Å². The molecule has 2 N–H and O–H groups in total. The molecule has 2 amide bonds. The predicted octanol–water partition coefficient (Wildman–Crippen LogP) is -0.419. The van der Waals surface area contributed by atoms with Gasteiger partial charge in [-0.05, 0) is 32.4 Å². The molecular formula is C12H21N3O2. The van der Waals surface area contributed by atoms with Crippen LogP contribution in [-0.4, -0.2) is 49.9 Å². The molecule has 0 aromatic heterocycles.